The first kappa shape index (κ1) is 21.2. The molecule has 1 fully saturated rings. The predicted octanol–water partition coefficient (Wildman–Crippen LogP) is 1.37. The molecule has 1 heterocycles. The van der Waals surface area contributed by atoms with Crippen LogP contribution in [0.15, 0.2) is 28.7 Å². The molecule has 1 aromatic carbocycles. The molecule has 4 amide bonds. The van der Waals surface area contributed by atoms with Gasteiger partial charge in [0.2, 0.25) is 0 Å². The molecule has 1 unspecified atom stereocenters. The summed E-state index contributed by atoms with van der Waals surface area (Å²) in [5, 5.41) is 14.4. The van der Waals surface area contributed by atoms with Gasteiger partial charge in [-0.3, -0.25) is 14.7 Å². The maximum absolute atomic E-state index is 11.9. The van der Waals surface area contributed by atoms with E-state index in [9.17, 15) is 19.5 Å². The Morgan fingerprint density at radius 3 is 2.33 bits per heavy atom. The van der Waals surface area contributed by atoms with Crippen LogP contribution in [0.5, 0.6) is 0 Å². The van der Waals surface area contributed by atoms with Crippen molar-refractivity contribution < 1.29 is 24.0 Å². The molecule has 2 atom stereocenters. The Morgan fingerprint density at radius 1 is 1.19 bits per heavy atom. The molecular formula is C18H25BrN4O4. The van der Waals surface area contributed by atoms with Gasteiger partial charge >= 0.3 is 6.03 Å². The van der Waals surface area contributed by atoms with Crippen LogP contribution >= 0.6 is 15.9 Å². The molecule has 148 valence electrons. The number of benzene rings is 1. The number of hydrogen-bond acceptors (Lipinski definition) is 4. The Morgan fingerprint density at radius 2 is 1.81 bits per heavy atom. The summed E-state index contributed by atoms with van der Waals surface area (Å²) in [6.07, 6.45) is -0.409. The number of rotatable bonds is 3. The maximum atomic E-state index is 11.9. The molecule has 1 aliphatic rings. The summed E-state index contributed by atoms with van der Waals surface area (Å²) in [7, 11) is 0. The summed E-state index contributed by atoms with van der Waals surface area (Å²) in [6, 6.07) is 6.16. The van der Waals surface area contributed by atoms with Crippen LogP contribution in [0.4, 0.5) is 9.59 Å². The number of carbonyl (C=O) groups is 3. The lowest BCUT2D eigenvalue weighted by Gasteiger charge is -2.45. The molecule has 27 heavy (non-hydrogen) atoms. The Bertz CT molecular complexity index is 717. The van der Waals surface area contributed by atoms with E-state index in [-0.39, 0.29) is 10.4 Å². The van der Waals surface area contributed by atoms with Gasteiger partial charge in [0.15, 0.2) is 0 Å². The highest BCUT2D eigenvalue weighted by atomic mass is 79.9. The second-order valence-corrected chi connectivity index (χ2v) is 8.68. The molecule has 0 aliphatic carbocycles. The van der Waals surface area contributed by atoms with E-state index in [1.165, 1.54) is 0 Å². The zero-order valence-electron chi connectivity index (χ0n) is 15.7. The summed E-state index contributed by atoms with van der Waals surface area (Å²) >= 11 is 3.29. The zero-order chi connectivity index (χ0) is 20.2. The van der Waals surface area contributed by atoms with E-state index in [0.717, 1.165) is 4.47 Å². The number of urea groups is 1. The standard InChI is InChI=1S/C18H25BrN4O4/c1-18(2,3)23(17(26)27)9-8-12(11-23)10-20-16(25)22-21-15(24)13-4-6-14(19)7-5-13/h4-7,12H,8-11H2,1-3H3,(H3-,20,21,22,24,25,26,27)/t12-,23?/m0/s1. The van der Waals surface area contributed by atoms with Crippen molar-refractivity contribution in [2.75, 3.05) is 19.6 Å². The van der Waals surface area contributed by atoms with Crippen LogP contribution in [0.2, 0.25) is 0 Å². The molecule has 0 spiro atoms. The quantitative estimate of drug-likeness (QED) is 0.486. The van der Waals surface area contributed by atoms with Crippen molar-refractivity contribution >= 4 is 34.0 Å². The number of carboxylic acid groups (broad SMARTS) is 1. The fourth-order valence-electron chi connectivity index (χ4n) is 3.31. The lowest BCUT2D eigenvalue weighted by atomic mass is 10.0. The second-order valence-electron chi connectivity index (χ2n) is 7.76. The average Bonchev–Trinajstić information content (AvgIpc) is 3.04. The van der Waals surface area contributed by atoms with E-state index >= 15 is 0 Å². The van der Waals surface area contributed by atoms with Crippen LogP contribution < -0.4 is 21.3 Å². The van der Waals surface area contributed by atoms with Gasteiger partial charge in [-0.15, -0.1) is 0 Å². The van der Waals surface area contributed by atoms with Crippen LogP contribution in [-0.4, -0.2) is 47.7 Å². The van der Waals surface area contributed by atoms with Crippen molar-refractivity contribution in [1.29, 1.82) is 0 Å². The summed E-state index contributed by atoms with van der Waals surface area (Å²) in [5.74, 6) is -0.408. The van der Waals surface area contributed by atoms with Crippen LogP contribution in [0.3, 0.4) is 0 Å². The number of hydrogen-bond donors (Lipinski definition) is 3. The largest absolute Gasteiger partial charge is 0.498 e. The average molecular weight is 441 g/mol. The second kappa shape index (κ2) is 8.26. The van der Waals surface area contributed by atoms with E-state index < -0.39 is 23.6 Å². The number of nitrogens with one attached hydrogen (secondary N) is 3. The molecule has 0 bridgehead atoms. The predicted molar refractivity (Wildman–Crippen MR) is 101 cm³/mol. The van der Waals surface area contributed by atoms with Crippen LogP contribution in [0.25, 0.3) is 0 Å². The van der Waals surface area contributed by atoms with E-state index in [1.54, 1.807) is 24.3 Å². The van der Waals surface area contributed by atoms with Gasteiger partial charge < -0.3 is 15.2 Å². The molecule has 3 N–H and O–H groups in total. The number of likely N-dealkylation sites (tertiary alicyclic amines) is 1. The zero-order valence-corrected chi connectivity index (χ0v) is 17.3. The Balaban J connectivity index is 1.80. The Hall–Kier alpha value is -2.13. The minimum atomic E-state index is -1.09. The minimum Gasteiger partial charge on any atom is -0.498 e. The van der Waals surface area contributed by atoms with E-state index in [1.807, 2.05) is 20.8 Å². The summed E-state index contributed by atoms with van der Waals surface area (Å²) < 4.78 is 0.726. The first-order valence-electron chi connectivity index (χ1n) is 8.73. The Kier molecular flexibility index (Phi) is 6.48. The highest BCUT2D eigenvalue weighted by Crippen LogP contribution is 2.33. The molecule has 0 aromatic heterocycles. The SMILES string of the molecule is CC(C)(C)[N+]1(C(=O)[O-])CC[C@@H](CNC(=O)NNC(=O)c2ccc(Br)cc2)C1. The van der Waals surface area contributed by atoms with Crippen LogP contribution in [-0.2, 0) is 0 Å². The van der Waals surface area contributed by atoms with Crippen LogP contribution in [0.1, 0.15) is 37.6 Å². The smallest absolute Gasteiger partial charge is 0.333 e. The molecule has 2 rings (SSSR count). The van der Waals surface area contributed by atoms with Crippen molar-refractivity contribution in [2.24, 2.45) is 5.92 Å². The van der Waals surface area contributed by atoms with Crippen molar-refractivity contribution in [1.82, 2.24) is 16.2 Å². The van der Waals surface area contributed by atoms with Gasteiger partial charge in [0.25, 0.3) is 12.0 Å². The molecule has 0 saturated carbocycles. The van der Waals surface area contributed by atoms with Gasteiger partial charge in [-0.05, 0) is 45.0 Å². The minimum absolute atomic E-state index is 0.0232. The number of nitrogens with zero attached hydrogens (tertiary/aromatic N) is 1. The first-order chi connectivity index (χ1) is 12.5. The first-order valence-corrected chi connectivity index (χ1v) is 9.53. The van der Waals surface area contributed by atoms with Gasteiger partial charge in [-0.1, -0.05) is 15.9 Å². The highest BCUT2D eigenvalue weighted by molar-refractivity contribution is 9.10. The Labute approximate surface area is 167 Å². The van der Waals surface area contributed by atoms with E-state index in [0.29, 0.717) is 31.6 Å². The van der Waals surface area contributed by atoms with Crippen LogP contribution in [0, 0.1) is 5.92 Å². The molecule has 0 radical (unpaired) electrons. The molecule has 9 heteroatoms. The van der Waals surface area contributed by atoms with Crippen molar-refractivity contribution in [3.05, 3.63) is 34.3 Å². The number of hydrazine groups is 1. The normalized spacial score (nSPS) is 22.1. The highest BCUT2D eigenvalue weighted by Gasteiger charge is 2.48. The maximum Gasteiger partial charge on any atom is 0.333 e. The number of quaternary nitrogens is 1. The van der Waals surface area contributed by atoms with Crippen molar-refractivity contribution in [3.63, 3.8) is 0 Å². The number of halogens is 1. The molecule has 1 aliphatic heterocycles. The van der Waals surface area contributed by atoms with Gasteiger partial charge in [-0.2, -0.15) is 0 Å². The third kappa shape index (κ3) is 4.98. The lowest BCUT2D eigenvalue weighted by molar-refractivity contribution is -0.910. The fourth-order valence-corrected chi connectivity index (χ4v) is 3.57. The molecular weight excluding hydrogens is 416 g/mol. The number of carbonyl (C=O) groups excluding carboxylic acids is 3. The number of amides is 4. The summed E-state index contributed by atoms with van der Waals surface area (Å²) in [4.78, 5) is 35.5. The van der Waals surface area contributed by atoms with Crippen molar-refractivity contribution in [3.8, 4) is 0 Å². The fraction of sp³-hybridized carbons (Fsp3) is 0.500. The third-order valence-electron chi connectivity index (χ3n) is 5.07. The summed E-state index contributed by atoms with van der Waals surface area (Å²) in [6.45, 7) is 6.83. The monoisotopic (exact) mass is 440 g/mol. The third-order valence-corrected chi connectivity index (χ3v) is 5.60. The van der Waals surface area contributed by atoms with E-state index in [4.69, 9.17) is 0 Å². The van der Waals surface area contributed by atoms with Gasteiger partial charge in [0, 0.05) is 28.9 Å². The van der Waals surface area contributed by atoms with Gasteiger partial charge in [0.1, 0.15) is 0 Å². The van der Waals surface area contributed by atoms with Crippen molar-refractivity contribution in [2.45, 2.75) is 32.7 Å². The molecule has 1 saturated heterocycles. The summed E-state index contributed by atoms with van der Waals surface area (Å²) in [5.41, 5.74) is 4.56. The molecule has 8 nitrogen and oxygen atoms in total. The lowest BCUT2D eigenvalue weighted by Crippen LogP contribution is -2.66. The van der Waals surface area contributed by atoms with E-state index in [2.05, 4.69) is 32.1 Å². The molecule has 1 aromatic rings. The topological polar surface area (TPSA) is 110 Å². The van der Waals surface area contributed by atoms with Gasteiger partial charge in [0.05, 0.1) is 18.6 Å². The van der Waals surface area contributed by atoms with Gasteiger partial charge in [-0.25, -0.2) is 10.2 Å².